The number of nitrogens with zero attached hydrogens (tertiary/aromatic N) is 1. The van der Waals surface area contributed by atoms with Gasteiger partial charge in [0, 0.05) is 31.0 Å². The van der Waals surface area contributed by atoms with E-state index in [0.29, 0.717) is 11.8 Å². The van der Waals surface area contributed by atoms with Gasteiger partial charge in [-0.1, -0.05) is 24.3 Å². The van der Waals surface area contributed by atoms with Gasteiger partial charge in [0.25, 0.3) is 0 Å². The van der Waals surface area contributed by atoms with E-state index in [2.05, 4.69) is 30.1 Å². The molecule has 2 aliphatic rings. The molecule has 0 saturated carbocycles. The summed E-state index contributed by atoms with van der Waals surface area (Å²) in [6.07, 6.45) is 1.67. The standard InChI is InChI=1S/C15H17NO2/c1-16-8-13-11-6-4-3-5-10(11)12(14(13)9-16)7-15(17)18-2/h3-7,13-14H,8-9H2,1-2H3/t13-,14+/m0/s1. The second-order valence-electron chi connectivity index (χ2n) is 5.14. The molecule has 1 aromatic rings. The minimum Gasteiger partial charge on any atom is -0.466 e. The number of benzene rings is 1. The van der Waals surface area contributed by atoms with Crippen LogP contribution in [0, 0.1) is 5.92 Å². The molecule has 3 rings (SSSR count). The van der Waals surface area contributed by atoms with Crippen molar-refractivity contribution in [2.75, 3.05) is 27.2 Å². The van der Waals surface area contributed by atoms with Gasteiger partial charge in [-0.05, 0) is 23.7 Å². The first kappa shape index (κ1) is 11.5. The van der Waals surface area contributed by atoms with Gasteiger partial charge in [-0.3, -0.25) is 0 Å². The number of methoxy groups -OCH3 is 1. The predicted octanol–water partition coefficient (Wildman–Crippen LogP) is 1.90. The van der Waals surface area contributed by atoms with Gasteiger partial charge in [-0.2, -0.15) is 0 Å². The molecule has 0 amide bonds. The molecule has 0 aromatic heterocycles. The lowest BCUT2D eigenvalue weighted by atomic mass is 9.94. The van der Waals surface area contributed by atoms with Gasteiger partial charge >= 0.3 is 5.97 Å². The molecule has 3 heteroatoms. The number of esters is 1. The Bertz CT molecular complexity index is 521. The molecule has 0 unspecified atom stereocenters. The van der Waals surface area contributed by atoms with Crippen molar-refractivity contribution < 1.29 is 9.53 Å². The van der Waals surface area contributed by atoms with Gasteiger partial charge < -0.3 is 9.64 Å². The maximum Gasteiger partial charge on any atom is 0.330 e. The Morgan fingerprint density at radius 2 is 2.06 bits per heavy atom. The lowest BCUT2D eigenvalue weighted by molar-refractivity contribution is -0.134. The molecule has 0 spiro atoms. The fraction of sp³-hybridized carbons (Fsp3) is 0.400. The number of hydrogen-bond donors (Lipinski definition) is 0. The number of fused-ring (bicyclic) bond motifs is 3. The van der Waals surface area contributed by atoms with Crippen LogP contribution in [0.2, 0.25) is 0 Å². The zero-order chi connectivity index (χ0) is 12.7. The summed E-state index contributed by atoms with van der Waals surface area (Å²) in [5.41, 5.74) is 3.75. The first-order valence-electron chi connectivity index (χ1n) is 6.28. The molecule has 1 fully saturated rings. The summed E-state index contributed by atoms with van der Waals surface area (Å²) in [5, 5.41) is 0. The minimum atomic E-state index is -0.255. The normalized spacial score (nSPS) is 28.2. The van der Waals surface area contributed by atoms with Crippen molar-refractivity contribution in [3.05, 3.63) is 41.5 Å². The maximum atomic E-state index is 11.5. The summed E-state index contributed by atoms with van der Waals surface area (Å²) in [6.45, 7) is 2.09. The number of hydrogen-bond acceptors (Lipinski definition) is 3. The quantitative estimate of drug-likeness (QED) is 0.557. The number of carbonyl (C=O) groups is 1. The zero-order valence-corrected chi connectivity index (χ0v) is 10.7. The Balaban J connectivity index is 2.08. The average Bonchev–Trinajstić information content (AvgIpc) is 2.88. The van der Waals surface area contributed by atoms with Gasteiger partial charge in [0.1, 0.15) is 0 Å². The van der Waals surface area contributed by atoms with E-state index in [1.165, 1.54) is 18.2 Å². The lowest BCUT2D eigenvalue weighted by Crippen LogP contribution is -2.15. The number of ether oxygens (including phenoxy) is 1. The third kappa shape index (κ3) is 1.66. The Hall–Kier alpha value is -1.61. The van der Waals surface area contributed by atoms with Crippen LogP contribution < -0.4 is 0 Å². The highest BCUT2D eigenvalue weighted by molar-refractivity contribution is 5.94. The summed E-state index contributed by atoms with van der Waals surface area (Å²) in [4.78, 5) is 13.9. The van der Waals surface area contributed by atoms with Crippen molar-refractivity contribution in [3.63, 3.8) is 0 Å². The first-order valence-corrected chi connectivity index (χ1v) is 6.28. The number of likely N-dealkylation sites (N-methyl/N-ethyl adjacent to an activating group) is 1. The van der Waals surface area contributed by atoms with Crippen LogP contribution in [0.5, 0.6) is 0 Å². The molecule has 1 aliphatic carbocycles. The maximum absolute atomic E-state index is 11.5. The highest BCUT2D eigenvalue weighted by Gasteiger charge is 2.41. The van der Waals surface area contributed by atoms with Crippen molar-refractivity contribution in [3.8, 4) is 0 Å². The molecule has 3 nitrogen and oxygen atoms in total. The largest absolute Gasteiger partial charge is 0.466 e. The van der Waals surface area contributed by atoms with Crippen LogP contribution in [-0.2, 0) is 9.53 Å². The molecule has 0 bridgehead atoms. The van der Waals surface area contributed by atoms with E-state index >= 15 is 0 Å². The van der Waals surface area contributed by atoms with Crippen LogP contribution in [0.4, 0.5) is 0 Å². The smallest absolute Gasteiger partial charge is 0.330 e. The Morgan fingerprint density at radius 3 is 2.83 bits per heavy atom. The SMILES string of the molecule is COC(=O)C=C1c2ccccc2[C@@H]2CN(C)C[C@H]12. The molecule has 0 radical (unpaired) electrons. The third-order valence-electron chi connectivity index (χ3n) is 4.05. The molecule has 1 heterocycles. The Kier molecular flexibility index (Phi) is 2.71. The van der Waals surface area contributed by atoms with E-state index in [1.54, 1.807) is 6.08 Å². The fourth-order valence-corrected chi connectivity index (χ4v) is 3.28. The lowest BCUT2D eigenvalue weighted by Gasteiger charge is -2.11. The average molecular weight is 243 g/mol. The molecule has 18 heavy (non-hydrogen) atoms. The van der Waals surface area contributed by atoms with Crippen molar-refractivity contribution in [2.45, 2.75) is 5.92 Å². The third-order valence-corrected chi connectivity index (χ3v) is 4.05. The number of likely N-dealkylation sites (tertiary alicyclic amines) is 1. The van der Waals surface area contributed by atoms with Crippen LogP contribution in [0.25, 0.3) is 5.57 Å². The van der Waals surface area contributed by atoms with Crippen molar-refractivity contribution in [1.82, 2.24) is 4.90 Å². The second-order valence-corrected chi connectivity index (χ2v) is 5.14. The van der Waals surface area contributed by atoms with Crippen molar-refractivity contribution in [2.24, 2.45) is 5.92 Å². The van der Waals surface area contributed by atoms with Crippen molar-refractivity contribution >= 4 is 11.5 Å². The molecule has 94 valence electrons. The molecule has 1 aromatic carbocycles. The van der Waals surface area contributed by atoms with E-state index in [-0.39, 0.29) is 5.97 Å². The molecular weight excluding hydrogens is 226 g/mol. The van der Waals surface area contributed by atoms with Crippen LogP contribution in [0.1, 0.15) is 17.0 Å². The Morgan fingerprint density at radius 1 is 1.33 bits per heavy atom. The van der Waals surface area contributed by atoms with E-state index in [0.717, 1.165) is 18.7 Å². The van der Waals surface area contributed by atoms with Gasteiger partial charge in [-0.25, -0.2) is 4.79 Å². The molecule has 2 atom stereocenters. The highest BCUT2D eigenvalue weighted by Crippen LogP contribution is 2.49. The monoisotopic (exact) mass is 243 g/mol. The van der Waals surface area contributed by atoms with Gasteiger partial charge in [0.05, 0.1) is 7.11 Å². The van der Waals surface area contributed by atoms with Crippen molar-refractivity contribution in [1.29, 1.82) is 0 Å². The van der Waals surface area contributed by atoms with E-state index in [1.807, 2.05) is 6.07 Å². The second kappa shape index (κ2) is 4.25. The zero-order valence-electron chi connectivity index (χ0n) is 10.7. The summed E-state index contributed by atoms with van der Waals surface area (Å²) in [5.74, 6) is 0.712. The first-order chi connectivity index (χ1) is 8.70. The van der Waals surface area contributed by atoms with Gasteiger partial charge in [0.15, 0.2) is 0 Å². The number of carbonyl (C=O) groups excluding carboxylic acids is 1. The summed E-state index contributed by atoms with van der Waals surface area (Å²) in [7, 11) is 3.56. The van der Waals surface area contributed by atoms with E-state index < -0.39 is 0 Å². The fourth-order valence-electron chi connectivity index (χ4n) is 3.28. The Labute approximate surface area is 107 Å². The number of rotatable bonds is 1. The van der Waals surface area contributed by atoms with E-state index in [9.17, 15) is 4.79 Å². The topological polar surface area (TPSA) is 29.5 Å². The molecule has 1 aliphatic heterocycles. The molecule has 1 saturated heterocycles. The van der Waals surface area contributed by atoms with Gasteiger partial charge in [-0.15, -0.1) is 0 Å². The summed E-state index contributed by atoms with van der Waals surface area (Å²) >= 11 is 0. The van der Waals surface area contributed by atoms with Crippen LogP contribution in [0.15, 0.2) is 30.3 Å². The molecular formula is C15H17NO2. The van der Waals surface area contributed by atoms with Crippen LogP contribution in [0.3, 0.4) is 0 Å². The van der Waals surface area contributed by atoms with Gasteiger partial charge in [0.2, 0.25) is 0 Å². The highest BCUT2D eigenvalue weighted by atomic mass is 16.5. The summed E-state index contributed by atoms with van der Waals surface area (Å²) in [6, 6.07) is 8.41. The van der Waals surface area contributed by atoms with E-state index in [4.69, 9.17) is 4.74 Å². The van der Waals surface area contributed by atoms with Crippen LogP contribution >= 0.6 is 0 Å². The minimum absolute atomic E-state index is 0.255. The summed E-state index contributed by atoms with van der Waals surface area (Å²) < 4.78 is 4.77. The van der Waals surface area contributed by atoms with Crippen LogP contribution in [-0.4, -0.2) is 38.1 Å². The molecule has 0 N–H and O–H groups in total. The predicted molar refractivity (Wildman–Crippen MR) is 70.2 cm³/mol.